The lowest BCUT2D eigenvalue weighted by Gasteiger charge is -2.33. The van der Waals surface area contributed by atoms with Gasteiger partial charge in [0.15, 0.2) is 5.76 Å². The molecule has 1 aromatic heterocycles. The molecule has 1 atom stereocenters. The van der Waals surface area contributed by atoms with Gasteiger partial charge in [-0.2, -0.15) is 0 Å². The Morgan fingerprint density at radius 3 is 2.70 bits per heavy atom. The van der Waals surface area contributed by atoms with Crippen LogP contribution in [0.25, 0.3) is 0 Å². The van der Waals surface area contributed by atoms with Crippen LogP contribution in [0.5, 0.6) is 0 Å². The van der Waals surface area contributed by atoms with E-state index in [1.165, 1.54) is 39.0 Å². The third kappa shape index (κ3) is 3.77. The maximum atomic E-state index is 12.8. The summed E-state index contributed by atoms with van der Waals surface area (Å²) in [7, 11) is 0. The van der Waals surface area contributed by atoms with E-state index in [9.17, 15) is 9.59 Å². The lowest BCUT2D eigenvalue weighted by atomic mass is 9.83. The molecule has 0 aromatic carbocycles. The topological polar surface area (TPSA) is 62.6 Å². The fourth-order valence-corrected chi connectivity index (χ4v) is 3.99. The molecule has 0 radical (unpaired) electrons. The van der Waals surface area contributed by atoms with E-state index in [0.29, 0.717) is 30.0 Å². The average Bonchev–Trinajstić information content (AvgIpc) is 3.22. The van der Waals surface area contributed by atoms with Crippen LogP contribution in [0.2, 0.25) is 0 Å². The normalized spacial score (nSPS) is 22.3. The molecule has 5 heteroatoms. The highest BCUT2D eigenvalue weighted by molar-refractivity contribution is 5.92. The molecular weight excluding hydrogens is 292 g/mol. The summed E-state index contributed by atoms with van der Waals surface area (Å²) >= 11 is 0. The van der Waals surface area contributed by atoms with Crippen LogP contribution in [0, 0.1) is 5.92 Å². The molecular formula is C18H26N2O3. The third-order valence-electron chi connectivity index (χ3n) is 5.14. The summed E-state index contributed by atoms with van der Waals surface area (Å²) in [4.78, 5) is 25.8. The summed E-state index contributed by atoms with van der Waals surface area (Å²) in [6.45, 7) is 2.63. The second-order valence-electron chi connectivity index (χ2n) is 6.78. The van der Waals surface area contributed by atoms with Gasteiger partial charge in [-0.1, -0.05) is 19.3 Å². The van der Waals surface area contributed by atoms with Crippen molar-refractivity contribution in [1.82, 2.24) is 10.2 Å². The maximum Gasteiger partial charge on any atom is 0.289 e. The van der Waals surface area contributed by atoms with E-state index in [-0.39, 0.29) is 11.8 Å². The molecule has 1 saturated heterocycles. The smallest absolute Gasteiger partial charge is 0.289 e. The lowest BCUT2D eigenvalue weighted by Crippen LogP contribution is -2.40. The number of carbonyl (C=O) groups is 2. The molecule has 2 aliphatic rings. The molecule has 2 fully saturated rings. The second-order valence-corrected chi connectivity index (χ2v) is 6.78. The molecule has 3 rings (SSSR count). The molecule has 2 heterocycles. The first-order chi connectivity index (χ1) is 11.1. The Hall–Kier alpha value is -1.78. The van der Waals surface area contributed by atoms with Crippen LogP contribution < -0.4 is 5.32 Å². The van der Waals surface area contributed by atoms with Gasteiger partial charge in [-0.25, -0.2) is 0 Å². The van der Waals surface area contributed by atoms with Crippen LogP contribution in [0.1, 0.15) is 68.2 Å². The Morgan fingerprint density at radius 2 is 1.96 bits per heavy atom. The van der Waals surface area contributed by atoms with Gasteiger partial charge in [-0.05, 0) is 43.7 Å². The van der Waals surface area contributed by atoms with Gasteiger partial charge in [0.05, 0.1) is 6.54 Å². The average molecular weight is 318 g/mol. The van der Waals surface area contributed by atoms with E-state index in [1.807, 2.05) is 4.90 Å². The number of rotatable bonds is 4. The number of nitrogens with one attached hydrogen (secondary N) is 1. The number of furan rings is 1. The quantitative estimate of drug-likeness (QED) is 0.928. The van der Waals surface area contributed by atoms with Gasteiger partial charge in [-0.3, -0.25) is 9.59 Å². The highest BCUT2D eigenvalue weighted by atomic mass is 16.4. The summed E-state index contributed by atoms with van der Waals surface area (Å²) in [5.41, 5.74) is 0. The van der Waals surface area contributed by atoms with Crippen molar-refractivity contribution in [1.29, 1.82) is 0 Å². The zero-order valence-corrected chi connectivity index (χ0v) is 13.8. The van der Waals surface area contributed by atoms with Crippen molar-refractivity contribution in [2.24, 2.45) is 5.92 Å². The van der Waals surface area contributed by atoms with Crippen molar-refractivity contribution >= 4 is 11.8 Å². The monoisotopic (exact) mass is 318 g/mol. The fraction of sp³-hybridized carbons (Fsp3) is 0.667. The van der Waals surface area contributed by atoms with Gasteiger partial charge in [0.1, 0.15) is 5.76 Å². The molecule has 0 unspecified atom stereocenters. The highest BCUT2D eigenvalue weighted by Gasteiger charge is 2.36. The summed E-state index contributed by atoms with van der Waals surface area (Å²) < 4.78 is 5.64. The van der Waals surface area contributed by atoms with E-state index < -0.39 is 0 Å². The van der Waals surface area contributed by atoms with Crippen molar-refractivity contribution in [2.45, 2.75) is 64.5 Å². The number of hydrogen-bond acceptors (Lipinski definition) is 3. The molecule has 126 valence electrons. The van der Waals surface area contributed by atoms with E-state index in [4.69, 9.17) is 4.42 Å². The van der Waals surface area contributed by atoms with Gasteiger partial charge >= 0.3 is 0 Å². The Balaban J connectivity index is 1.65. The fourth-order valence-electron chi connectivity index (χ4n) is 3.99. The number of likely N-dealkylation sites (tertiary alicyclic amines) is 1. The highest BCUT2D eigenvalue weighted by Crippen LogP contribution is 2.35. The Kier molecular flexibility index (Phi) is 5.03. The summed E-state index contributed by atoms with van der Waals surface area (Å²) in [5.74, 6) is 1.58. The van der Waals surface area contributed by atoms with Gasteiger partial charge in [0.2, 0.25) is 5.91 Å². The summed E-state index contributed by atoms with van der Waals surface area (Å²) in [6, 6.07) is 3.89. The Morgan fingerprint density at radius 1 is 1.17 bits per heavy atom. The zero-order chi connectivity index (χ0) is 16.2. The lowest BCUT2D eigenvalue weighted by molar-refractivity contribution is -0.119. The molecule has 1 N–H and O–H groups in total. The molecule has 23 heavy (non-hydrogen) atoms. The van der Waals surface area contributed by atoms with Crippen molar-refractivity contribution in [2.75, 3.05) is 6.54 Å². The first-order valence-corrected chi connectivity index (χ1v) is 8.79. The van der Waals surface area contributed by atoms with Crippen molar-refractivity contribution in [3.05, 3.63) is 23.7 Å². The molecule has 1 aliphatic heterocycles. The molecule has 1 aliphatic carbocycles. The molecule has 5 nitrogen and oxygen atoms in total. The number of hydrogen-bond donors (Lipinski definition) is 1. The molecule has 0 spiro atoms. The molecule has 1 aromatic rings. The van der Waals surface area contributed by atoms with Gasteiger partial charge in [0.25, 0.3) is 5.91 Å². The van der Waals surface area contributed by atoms with Gasteiger partial charge < -0.3 is 14.6 Å². The van der Waals surface area contributed by atoms with Crippen molar-refractivity contribution in [3.63, 3.8) is 0 Å². The minimum absolute atomic E-state index is 0.00662. The summed E-state index contributed by atoms with van der Waals surface area (Å²) in [5, 5.41) is 2.69. The number of carbonyl (C=O) groups excluding carboxylic acids is 2. The third-order valence-corrected chi connectivity index (χ3v) is 5.14. The van der Waals surface area contributed by atoms with Crippen LogP contribution in [0.4, 0.5) is 0 Å². The van der Waals surface area contributed by atoms with E-state index in [1.54, 1.807) is 12.1 Å². The van der Waals surface area contributed by atoms with Crippen LogP contribution in [-0.2, 0) is 11.3 Å². The Bertz CT molecular complexity index is 560. The molecule has 0 bridgehead atoms. The maximum absolute atomic E-state index is 12.8. The predicted molar refractivity (Wildman–Crippen MR) is 86.9 cm³/mol. The SMILES string of the molecule is CC(=O)NCc1ccc(C(=O)N2CCC[C@@H]2C2CCCCC2)o1. The Labute approximate surface area is 137 Å². The minimum Gasteiger partial charge on any atom is -0.454 e. The number of amides is 2. The van der Waals surface area contributed by atoms with Crippen LogP contribution in [0.15, 0.2) is 16.5 Å². The standard InChI is InChI=1S/C18H26N2O3/c1-13(21)19-12-15-9-10-17(23-15)18(22)20-11-5-8-16(20)14-6-3-2-4-7-14/h9-10,14,16H,2-8,11-12H2,1H3,(H,19,21)/t16-/m1/s1. The summed E-state index contributed by atoms with van der Waals surface area (Å²) in [6.07, 6.45) is 8.64. The zero-order valence-electron chi connectivity index (χ0n) is 13.8. The van der Waals surface area contributed by atoms with Gasteiger partial charge in [0, 0.05) is 19.5 Å². The second kappa shape index (κ2) is 7.20. The van der Waals surface area contributed by atoms with Crippen molar-refractivity contribution in [3.8, 4) is 0 Å². The predicted octanol–water partition coefficient (Wildman–Crippen LogP) is 3.10. The molecule has 1 saturated carbocycles. The van der Waals surface area contributed by atoms with Crippen LogP contribution in [0.3, 0.4) is 0 Å². The number of nitrogens with zero attached hydrogens (tertiary/aromatic N) is 1. The molecule has 2 amide bonds. The van der Waals surface area contributed by atoms with Crippen LogP contribution in [-0.4, -0.2) is 29.3 Å². The van der Waals surface area contributed by atoms with Gasteiger partial charge in [-0.15, -0.1) is 0 Å². The first kappa shape index (κ1) is 16.1. The van der Waals surface area contributed by atoms with E-state index in [2.05, 4.69) is 5.32 Å². The van der Waals surface area contributed by atoms with E-state index >= 15 is 0 Å². The van der Waals surface area contributed by atoms with Crippen LogP contribution >= 0.6 is 0 Å². The largest absolute Gasteiger partial charge is 0.454 e. The minimum atomic E-state index is -0.105. The van der Waals surface area contributed by atoms with Crippen molar-refractivity contribution < 1.29 is 14.0 Å². The first-order valence-electron chi connectivity index (χ1n) is 8.79. The van der Waals surface area contributed by atoms with E-state index in [0.717, 1.165) is 19.4 Å².